The van der Waals surface area contributed by atoms with Crippen LogP contribution in [0.25, 0.3) is 6.08 Å². The van der Waals surface area contributed by atoms with Gasteiger partial charge in [-0.05, 0) is 139 Å². The molecule has 4 nitrogen and oxygen atoms in total. The predicted octanol–water partition coefficient (Wildman–Crippen LogP) is 10.0. The molecule has 0 bridgehead atoms. The third-order valence-electron chi connectivity index (χ3n) is 7.42. The van der Waals surface area contributed by atoms with Crippen molar-refractivity contribution < 1.29 is 9.53 Å². The van der Waals surface area contributed by atoms with Crippen molar-refractivity contribution in [3.8, 4) is 6.07 Å². The van der Waals surface area contributed by atoms with Gasteiger partial charge in [-0.1, -0.05) is 55.0 Å². The van der Waals surface area contributed by atoms with Gasteiger partial charge in [0.2, 0.25) is 0 Å². The van der Waals surface area contributed by atoms with E-state index >= 15 is 0 Å². The highest BCUT2D eigenvalue weighted by atomic mass is 16.6. The number of allylic oxidation sites excluding steroid dienone is 9. The number of aryl methyl sites for hydroxylation is 1. The van der Waals surface area contributed by atoms with Crippen LogP contribution in [0.4, 0.5) is 4.79 Å². The molecule has 1 amide bonds. The average Bonchev–Trinajstić information content (AvgIpc) is 2.86. The van der Waals surface area contributed by atoms with Crippen LogP contribution in [0.1, 0.15) is 98.8 Å². The highest BCUT2D eigenvalue weighted by Gasteiger charge is 2.29. The summed E-state index contributed by atoms with van der Waals surface area (Å²) < 4.78 is 5.73. The van der Waals surface area contributed by atoms with Gasteiger partial charge in [0.15, 0.2) is 0 Å². The van der Waals surface area contributed by atoms with Crippen molar-refractivity contribution in [2.24, 2.45) is 5.92 Å². The zero-order valence-corrected chi connectivity index (χ0v) is 27.2. The number of carbonyl (C=O) groups is 1. The summed E-state index contributed by atoms with van der Waals surface area (Å²) >= 11 is 0. The molecule has 0 aromatic heterocycles. The molecule has 1 aromatic carbocycles. The van der Waals surface area contributed by atoms with Gasteiger partial charge in [-0.2, -0.15) is 5.26 Å². The zero-order chi connectivity index (χ0) is 31.1. The van der Waals surface area contributed by atoms with Crippen LogP contribution in [0.15, 0.2) is 82.0 Å². The van der Waals surface area contributed by atoms with E-state index in [0.717, 1.165) is 35.1 Å². The van der Waals surface area contributed by atoms with Crippen LogP contribution in [-0.4, -0.2) is 29.2 Å². The number of nitriles is 1. The van der Waals surface area contributed by atoms with Crippen molar-refractivity contribution in [1.82, 2.24) is 4.90 Å². The monoisotopic (exact) mass is 554 g/mol. The molecule has 220 valence electrons. The second-order valence-corrected chi connectivity index (χ2v) is 12.6. The smallest absolute Gasteiger partial charge is 0.410 e. The van der Waals surface area contributed by atoms with Gasteiger partial charge in [0, 0.05) is 12.6 Å². The quantitative estimate of drug-likeness (QED) is 0.329. The number of hydrogen-bond acceptors (Lipinski definition) is 3. The summed E-state index contributed by atoms with van der Waals surface area (Å²) in [6.45, 7) is 27.7. The molecule has 0 fully saturated rings. The molecule has 0 saturated heterocycles. The summed E-state index contributed by atoms with van der Waals surface area (Å²) in [5.74, 6) is 0.156. The fraction of sp³-hybridized carbons (Fsp3) is 0.459. The number of nitrogens with zero attached hydrogens (tertiary/aromatic N) is 2. The lowest BCUT2D eigenvalue weighted by atomic mass is 9.82. The van der Waals surface area contributed by atoms with Gasteiger partial charge >= 0.3 is 6.09 Å². The molecule has 0 unspecified atom stereocenters. The summed E-state index contributed by atoms with van der Waals surface area (Å²) in [4.78, 5) is 14.9. The van der Waals surface area contributed by atoms with Gasteiger partial charge in [-0.15, -0.1) is 0 Å². The summed E-state index contributed by atoms with van der Waals surface area (Å²) in [6, 6.07) is 8.10. The minimum absolute atomic E-state index is 0.0582. The number of ether oxygens (including phenoxy) is 1. The van der Waals surface area contributed by atoms with Crippen molar-refractivity contribution >= 4 is 12.2 Å². The van der Waals surface area contributed by atoms with Crippen molar-refractivity contribution in [3.63, 3.8) is 0 Å². The number of hydrogen-bond donors (Lipinski definition) is 0. The lowest BCUT2D eigenvalue weighted by molar-refractivity contribution is 0.0146. The first-order chi connectivity index (χ1) is 19.1. The third-order valence-corrected chi connectivity index (χ3v) is 7.42. The second kappa shape index (κ2) is 14.4. The van der Waals surface area contributed by atoms with E-state index in [0.29, 0.717) is 12.1 Å². The standard InChI is InChI=1S/C37H50N2O2/c1-13-27(6)35(29(8)18-25(4)19-33-21-31(22-38)16-14-28(33)7)34(24(2)3)32-17-15-30(9)39(23-26(5)20-32)36(40)41-37(10,11)12/h13-14,16,18-21,26,30H,2,15,17,23H2,1,3-12H3/b25-19-,27-13-,29-18-,32-20-,35-34-/t26-,30-/m1/s1. The molecule has 0 radical (unpaired) electrons. The van der Waals surface area contributed by atoms with E-state index in [1.807, 2.05) is 43.9 Å². The third kappa shape index (κ3) is 9.49. The van der Waals surface area contributed by atoms with Crippen LogP contribution < -0.4 is 0 Å². The maximum absolute atomic E-state index is 13.0. The van der Waals surface area contributed by atoms with E-state index in [-0.39, 0.29) is 18.1 Å². The number of amides is 1. The van der Waals surface area contributed by atoms with Gasteiger partial charge < -0.3 is 9.64 Å². The summed E-state index contributed by atoms with van der Waals surface area (Å²) in [5, 5.41) is 9.36. The Bertz CT molecular complexity index is 1350. The SMILES string of the molecule is C=C(C)C(/C1=C\[C@@H](C)CN(C(=O)OC(C)(C)C)[C@H](C)CC1)=C(C(\C)=C/C)/C(C)=C\C(C)=C/c1cc(C#N)ccc1C. The normalized spacial score (nSPS) is 21.2. The van der Waals surface area contributed by atoms with Crippen LogP contribution in [0, 0.1) is 24.2 Å². The Kier molecular flexibility index (Phi) is 11.8. The molecule has 1 aliphatic heterocycles. The topological polar surface area (TPSA) is 53.3 Å². The highest BCUT2D eigenvalue weighted by molar-refractivity contribution is 5.69. The van der Waals surface area contributed by atoms with Crippen LogP contribution in [0.3, 0.4) is 0 Å². The molecule has 2 atom stereocenters. The Balaban J connectivity index is 2.61. The number of benzene rings is 1. The fourth-order valence-corrected chi connectivity index (χ4v) is 5.34. The molecule has 1 aliphatic rings. The van der Waals surface area contributed by atoms with E-state index < -0.39 is 5.60 Å². The first-order valence-electron chi connectivity index (χ1n) is 14.7. The lowest BCUT2D eigenvalue weighted by Gasteiger charge is -2.35. The van der Waals surface area contributed by atoms with Crippen LogP contribution in [-0.2, 0) is 4.74 Å². The summed E-state index contributed by atoms with van der Waals surface area (Å²) in [5.41, 5.74) is 10.5. The van der Waals surface area contributed by atoms with Gasteiger partial charge in [-0.3, -0.25) is 0 Å². The van der Waals surface area contributed by atoms with E-state index in [1.165, 1.54) is 27.9 Å². The highest BCUT2D eigenvalue weighted by Crippen LogP contribution is 2.36. The van der Waals surface area contributed by atoms with Gasteiger partial charge in [0.25, 0.3) is 0 Å². The molecule has 0 aliphatic carbocycles. The lowest BCUT2D eigenvalue weighted by Crippen LogP contribution is -2.44. The molecular formula is C37H50N2O2. The predicted molar refractivity (Wildman–Crippen MR) is 173 cm³/mol. The van der Waals surface area contributed by atoms with Gasteiger partial charge in [0.05, 0.1) is 11.6 Å². The van der Waals surface area contributed by atoms with Crippen molar-refractivity contribution in [2.75, 3.05) is 6.54 Å². The van der Waals surface area contributed by atoms with Gasteiger partial charge in [-0.25, -0.2) is 4.79 Å². The molecule has 1 aromatic rings. The molecule has 0 saturated carbocycles. The van der Waals surface area contributed by atoms with E-state index in [9.17, 15) is 10.1 Å². The Morgan fingerprint density at radius 1 is 1.15 bits per heavy atom. The molecule has 0 spiro atoms. The first kappa shape index (κ1) is 33.6. The summed E-state index contributed by atoms with van der Waals surface area (Å²) in [6.07, 6.45) is 10.3. The Morgan fingerprint density at radius 2 is 1.80 bits per heavy atom. The molecule has 4 heteroatoms. The summed E-state index contributed by atoms with van der Waals surface area (Å²) in [7, 11) is 0. The van der Waals surface area contributed by atoms with Crippen LogP contribution in [0.5, 0.6) is 0 Å². The average molecular weight is 555 g/mol. The Labute approximate surface area is 249 Å². The van der Waals surface area contributed by atoms with Crippen molar-refractivity contribution in [2.45, 2.75) is 101 Å². The van der Waals surface area contributed by atoms with Crippen LogP contribution >= 0.6 is 0 Å². The maximum Gasteiger partial charge on any atom is 0.410 e. The van der Waals surface area contributed by atoms with Gasteiger partial charge in [0.1, 0.15) is 5.60 Å². The molecular weight excluding hydrogens is 504 g/mol. The zero-order valence-electron chi connectivity index (χ0n) is 27.2. The molecule has 0 N–H and O–H groups in total. The molecule has 41 heavy (non-hydrogen) atoms. The van der Waals surface area contributed by atoms with Crippen molar-refractivity contribution in [3.05, 3.63) is 98.7 Å². The molecule has 2 rings (SSSR count). The second-order valence-electron chi connectivity index (χ2n) is 12.6. The van der Waals surface area contributed by atoms with E-state index in [1.54, 1.807) is 0 Å². The maximum atomic E-state index is 13.0. The van der Waals surface area contributed by atoms with E-state index in [4.69, 9.17) is 4.74 Å². The fourth-order valence-electron chi connectivity index (χ4n) is 5.34. The number of rotatable bonds is 6. The molecule has 1 heterocycles. The Hall–Kier alpha value is -3.58. The Morgan fingerprint density at radius 3 is 2.37 bits per heavy atom. The van der Waals surface area contributed by atoms with Crippen molar-refractivity contribution in [1.29, 1.82) is 5.26 Å². The largest absolute Gasteiger partial charge is 0.444 e. The minimum Gasteiger partial charge on any atom is -0.444 e. The van der Waals surface area contributed by atoms with Crippen LogP contribution in [0.2, 0.25) is 0 Å². The first-order valence-corrected chi connectivity index (χ1v) is 14.7. The minimum atomic E-state index is -0.522. The van der Waals surface area contributed by atoms with E-state index in [2.05, 4.69) is 92.3 Å². The number of carbonyl (C=O) groups excluding carboxylic acids is 1.